The van der Waals surface area contributed by atoms with Gasteiger partial charge >= 0.3 is 0 Å². The predicted molar refractivity (Wildman–Crippen MR) is 106 cm³/mol. The minimum atomic E-state index is -0.228. The van der Waals surface area contributed by atoms with Crippen molar-refractivity contribution in [2.75, 3.05) is 7.11 Å². The molecule has 9 heteroatoms. The van der Waals surface area contributed by atoms with Gasteiger partial charge in [-0.15, -0.1) is 5.10 Å². The van der Waals surface area contributed by atoms with Crippen LogP contribution in [0.25, 0.3) is 16.9 Å². The highest BCUT2D eigenvalue weighted by Gasteiger charge is 2.15. The van der Waals surface area contributed by atoms with Crippen molar-refractivity contribution in [1.29, 1.82) is 0 Å². The van der Waals surface area contributed by atoms with E-state index in [0.29, 0.717) is 17.1 Å². The summed E-state index contributed by atoms with van der Waals surface area (Å²) in [7, 11) is 3.36. The summed E-state index contributed by atoms with van der Waals surface area (Å²) in [4.78, 5) is 12.6. The van der Waals surface area contributed by atoms with E-state index in [2.05, 4.69) is 20.7 Å². The van der Waals surface area contributed by atoms with Crippen LogP contribution < -0.4 is 10.1 Å². The number of thiophene rings is 1. The number of nitrogens with zero attached hydrogens (tertiary/aromatic N) is 5. The second kappa shape index (κ2) is 7.65. The number of ether oxygens (including phenoxy) is 1. The summed E-state index contributed by atoms with van der Waals surface area (Å²) in [6, 6.07) is 11.3. The van der Waals surface area contributed by atoms with Crippen molar-refractivity contribution in [3.05, 3.63) is 64.7 Å². The van der Waals surface area contributed by atoms with Crippen LogP contribution in [0.1, 0.15) is 16.2 Å². The summed E-state index contributed by atoms with van der Waals surface area (Å²) in [5.41, 5.74) is 3.67. The average molecular weight is 394 g/mol. The van der Waals surface area contributed by atoms with Gasteiger partial charge in [0.2, 0.25) is 0 Å². The fourth-order valence-corrected chi connectivity index (χ4v) is 3.38. The van der Waals surface area contributed by atoms with Crippen molar-refractivity contribution in [1.82, 2.24) is 30.1 Å². The van der Waals surface area contributed by atoms with Crippen LogP contribution in [-0.4, -0.2) is 37.8 Å². The average Bonchev–Trinajstić information content (AvgIpc) is 3.46. The number of nitrogens with one attached hydrogen (secondary N) is 1. The van der Waals surface area contributed by atoms with E-state index < -0.39 is 0 Å². The summed E-state index contributed by atoms with van der Waals surface area (Å²) >= 11 is 1.59. The first-order chi connectivity index (χ1) is 13.6. The molecule has 3 aromatic heterocycles. The normalized spacial score (nSPS) is 10.8. The summed E-state index contributed by atoms with van der Waals surface area (Å²) in [5.74, 6) is 0.511. The van der Waals surface area contributed by atoms with Gasteiger partial charge in [-0.25, -0.2) is 4.68 Å². The molecule has 0 aliphatic rings. The molecule has 0 unspecified atom stereocenters. The smallest absolute Gasteiger partial charge is 0.269 e. The fourth-order valence-electron chi connectivity index (χ4n) is 2.76. The lowest BCUT2D eigenvalue weighted by molar-refractivity contribution is 0.0941. The lowest BCUT2D eigenvalue weighted by atomic mass is 10.1. The van der Waals surface area contributed by atoms with Gasteiger partial charge in [0.1, 0.15) is 17.1 Å². The van der Waals surface area contributed by atoms with Crippen molar-refractivity contribution in [2.45, 2.75) is 6.54 Å². The molecule has 0 saturated carbocycles. The number of rotatable bonds is 6. The molecule has 0 spiro atoms. The fraction of sp³-hybridized carbons (Fsp3) is 0.158. The molecule has 0 atom stereocenters. The molecule has 0 bridgehead atoms. The van der Waals surface area contributed by atoms with E-state index in [1.807, 2.05) is 41.1 Å². The molecule has 0 saturated heterocycles. The molecule has 1 aromatic carbocycles. The molecule has 0 fully saturated rings. The standard InChI is InChI=1S/C19H18N6O2S/c1-24-18(9-17(22-24)13-4-3-5-16(8-13)27-2)19(26)20-10-14-11-25(23-21-14)15-6-7-28-12-15/h3-9,11-12H,10H2,1-2H3,(H,20,26). The van der Waals surface area contributed by atoms with Crippen LogP contribution in [0.4, 0.5) is 0 Å². The lowest BCUT2D eigenvalue weighted by Gasteiger charge is -2.02. The zero-order chi connectivity index (χ0) is 19.5. The van der Waals surface area contributed by atoms with Crippen molar-refractivity contribution in [3.63, 3.8) is 0 Å². The SMILES string of the molecule is COc1cccc(-c2cc(C(=O)NCc3cn(-c4ccsc4)nn3)n(C)n2)c1. The molecule has 3 heterocycles. The number of amides is 1. The Hall–Kier alpha value is -3.46. The molecular weight excluding hydrogens is 376 g/mol. The van der Waals surface area contributed by atoms with E-state index in [9.17, 15) is 4.79 Å². The molecule has 4 rings (SSSR count). The largest absolute Gasteiger partial charge is 0.497 e. The maximum Gasteiger partial charge on any atom is 0.269 e. The topological polar surface area (TPSA) is 86.9 Å². The van der Waals surface area contributed by atoms with Crippen LogP contribution >= 0.6 is 11.3 Å². The Labute approximate surface area is 165 Å². The zero-order valence-electron chi connectivity index (χ0n) is 15.4. The number of hydrogen-bond acceptors (Lipinski definition) is 6. The van der Waals surface area contributed by atoms with Gasteiger partial charge < -0.3 is 10.1 Å². The highest BCUT2D eigenvalue weighted by molar-refractivity contribution is 7.08. The molecule has 4 aromatic rings. The van der Waals surface area contributed by atoms with Gasteiger partial charge in [-0.3, -0.25) is 9.48 Å². The van der Waals surface area contributed by atoms with Gasteiger partial charge in [0.05, 0.1) is 31.2 Å². The molecule has 8 nitrogen and oxygen atoms in total. The van der Waals surface area contributed by atoms with Gasteiger partial charge in [0.15, 0.2) is 0 Å². The number of benzene rings is 1. The Balaban J connectivity index is 1.46. The molecular formula is C19H18N6O2S. The predicted octanol–water partition coefficient (Wildman–Crippen LogP) is 2.67. The molecule has 0 radical (unpaired) electrons. The number of methoxy groups -OCH3 is 1. The summed E-state index contributed by atoms with van der Waals surface area (Å²) < 4.78 is 8.49. The zero-order valence-corrected chi connectivity index (χ0v) is 16.2. The van der Waals surface area contributed by atoms with Crippen LogP contribution in [0, 0.1) is 0 Å². The number of aryl methyl sites for hydroxylation is 1. The molecule has 1 N–H and O–H groups in total. The van der Waals surface area contributed by atoms with E-state index in [4.69, 9.17) is 4.74 Å². The van der Waals surface area contributed by atoms with Gasteiger partial charge in [0, 0.05) is 18.0 Å². The van der Waals surface area contributed by atoms with Crippen molar-refractivity contribution < 1.29 is 9.53 Å². The number of carbonyl (C=O) groups excluding carboxylic acids is 1. The van der Waals surface area contributed by atoms with E-state index in [1.165, 1.54) is 0 Å². The quantitative estimate of drug-likeness (QED) is 0.543. The van der Waals surface area contributed by atoms with E-state index in [1.54, 1.807) is 47.1 Å². The Morgan fingerprint density at radius 1 is 1.29 bits per heavy atom. The minimum absolute atomic E-state index is 0.228. The van der Waals surface area contributed by atoms with Gasteiger partial charge in [-0.2, -0.15) is 16.4 Å². The second-order valence-corrected chi connectivity index (χ2v) is 6.87. The first-order valence-electron chi connectivity index (χ1n) is 8.54. The van der Waals surface area contributed by atoms with E-state index in [-0.39, 0.29) is 12.5 Å². The maximum absolute atomic E-state index is 12.6. The Bertz CT molecular complexity index is 1100. The molecule has 1 amide bonds. The van der Waals surface area contributed by atoms with Crippen molar-refractivity contribution in [3.8, 4) is 22.7 Å². The molecule has 28 heavy (non-hydrogen) atoms. The Kier molecular flexibility index (Phi) is 4.90. The molecule has 142 valence electrons. The summed E-state index contributed by atoms with van der Waals surface area (Å²) in [5, 5.41) is 19.4. The van der Waals surface area contributed by atoms with E-state index >= 15 is 0 Å². The van der Waals surface area contributed by atoms with Crippen LogP contribution in [0.15, 0.2) is 53.4 Å². The third kappa shape index (κ3) is 3.65. The maximum atomic E-state index is 12.6. The van der Waals surface area contributed by atoms with Gasteiger partial charge in [-0.05, 0) is 29.6 Å². The first-order valence-corrected chi connectivity index (χ1v) is 9.49. The van der Waals surface area contributed by atoms with Gasteiger partial charge in [-0.1, -0.05) is 17.3 Å². The van der Waals surface area contributed by atoms with Crippen molar-refractivity contribution in [2.24, 2.45) is 7.05 Å². The van der Waals surface area contributed by atoms with Crippen LogP contribution in [0.2, 0.25) is 0 Å². The molecule has 0 aliphatic carbocycles. The minimum Gasteiger partial charge on any atom is -0.497 e. The number of hydrogen-bond donors (Lipinski definition) is 1. The molecule has 0 aliphatic heterocycles. The van der Waals surface area contributed by atoms with Crippen molar-refractivity contribution >= 4 is 17.2 Å². The Morgan fingerprint density at radius 2 is 2.18 bits per heavy atom. The highest BCUT2D eigenvalue weighted by Crippen LogP contribution is 2.23. The summed E-state index contributed by atoms with van der Waals surface area (Å²) in [6.45, 7) is 0.280. The monoisotopic (exact) mass is 394 g/mol. The third-order valence-corrected chi connectivity index (χ3v) is 4.89. The van der Waals surface area contributed by atoms with Crippen LogP contribution in [-0.2, 0) is 13.6 Å². The number of aromatic nitrogens is 5. The highest BCUT2D eigenvalue weighted by atomic mass is 32.1. The third-order valence-electron chi connectivity index (χ3n) is 4.22. The second-order valence-electron chi connectivity index (χ2n) is 6.09. The van der Waals surface area contributed by atoms with Crippen LogP contribution in [0.3, 0.4) is 0 Å². The van der Waals surface area contributed by atoms with E-state index in [0.717, 1.165) is 17.0 Å². The number of carbonyl (C=O) groups is 1. The lowest BCUT2D eigenvalue weighted by Crippen LogP contribution is -2.25. The summed E-state index contributed by atoms with van der Waals surface area (Å²) in [6.07, 6.45) is 1.80. The Morgan fingerprint density at radius 3 is 2.96 bits per heavy atom. The first kappa shape index (κ1) is 17.9. The van der Waals surface area contributed by atoms with Crippen LogP contribution in [0.5, 0.6) is 5.75 Å². The van der Waals surface area contributed by atoms with Gasteiger partial charge in [0.25, 0.3) is 5.91 Å².